The molecule has 0 aliphatic carbocycles. The van der Waals surface area contributed by atoms with E-state index in [-0.39, 0.29) is 17.9 Å². The van der Waals surface area contributed by atoms with E-state index in [1.807, 2.05) is 4.90 Å². The fourth-order valence-electron chi connectivity index (χ4n) is 2.94. The minimum Gasteiger partial charge on any atom is -0.497 e. The average Bonchev–Trinajstić information content (AvgIpc) is 2.68. The Bertz CT molecular complexity index is 741. The summed E-state index contributed by atoms with van der Waals surface area (Å²) >= 11 is 0. The van der Waals surface area contributed by atoms with Gasteiger partial charge in [-0.05, 0) is 43.2 Å². The summed E-state index contributed by atoms with van der Waals surface area (Å²) in [5.41, 5.74) is 1.23. The number of piperidine rings is 1. The van der Waals surface area contributed by atoms with Gasteiger partial charge in [-0.25, -0.2) is 0 Å². The molecule has 6 heteroatoms. The van der Waals surface area contributed by atoms with E-state index >= 15 is 0 Å². The van der Waals surface area contributed by atoms with E-state index in [9.17, 15) is 9.59 Å². The zero-order chi connectivity index (χ0) is 17.6. The molecule has 6 nitrogen and oxygen atoms in total. The van der Waals surface area contributed by atoms with Crippen molar-refractivity contribution < 1.29 is 14.3 Å². The Morgan fingerprint density at radius 3 is 2.52 bits per heavy atom. The molecular weight excluding hydrogens is 318 g/mol. The van der Waals surface area contributed by atoms with Crippen LogP contribution in [0.4, 0.5) is 0 Å². The monoisotopic (exact) mass is 339 g/mol. The van der Waals surface area contributed by atoms with Gasteiger partial charge in [0.1, 0.15) is 5.75 Å². The molecule has 3 rings (SSSR count). The van der Waals surface area contributed by atoms with Crippen LogP contribution < -0.4 is 10.1 Å². The number of likely N-dealkylation sites (tertiary alicyclic amines) is 1. The van der Waals surface area contributed by atoms with Crippen LogP contribution in [0.5, 0.6) is 5.75 Å². The molecule has 1 aliphatic heterocycles. The molecule has 0 saturated carbocycles. The molecule has 1 saturated heterocycles. The van der Waals surface area contributed by atoms with Crippen molar-refractivity contribution in [2.45, 2.75) is 18.9 Å². The number of methoxy groups -OCH3 is 1. The molecule has 2 heterocycles. The Kier molecular flexibility index (Phi) is 5.28. The molecule has 130 valence electrons. The van der Waals surface area contributed by atoms with Crippen LogP contribution in [-0.4, -0.2) is 47.9 Å². The molecule has 0 radical (unpaired) electrons. The van der Waals surface area contributed by atoms with Crippen molar-refractivity contribution in [3.05, 3.63) is 59.9 Å². The number of carbonyl (C=O) groups excluding carboxylic acids is 2. The SMILES string of the molecule is COc1cccc(C(=O)NC2CCN(C(=O)c3ccncc3)CC2)c1. The maximum atomic E-state index is 12.4. The summed E-state index contributed by atoms with van der Waals surface area (Å²) in [5.74, 6) is 0.559. The van der Waals surface area contributed by atoms with Crippen molar-refractivity contribution in [3.63, 3.8) is 0 Å². The van der Waals surface area contributed by atoms with Gasteiger partial charge in [-0.3, -0.25) is 14.6 Å². The van der Waals surface area contributed by atoms with Gasteiger partial charge < -0.3 is 15.0 Å². The number of hydrogen-bond acceptors (Lipinski definition) is 4. The van der Waals surface area contributed by atoms with Gasteiger partial charge in [0.25, 0.3) is 11.8 Å². The second-order valence-electron chi connectivity index (χ2n) is 6.01. The number of nitrogens with zero attached hydrogens (tertiary/aromatic N) is 2. The number of amides is 2. The van der Waals surface area contributed by atoms with E-state index in [4.69, 9.17) is 4.74 Å². The van der Waals surface area contributed by atoms with E-state index in [1.165, 1.54) is 0 Å². The minimum atomic E-state index is -0.113. The maximum absolute atomic E-state index is 12.4. The standard InChI is InChI=1S/C19H21N3O3/c1-25-17-4-2-3-15(13-17)18(23)21-16-7-11-22(12-8-16)19(24)14-5-9-20-10-6-14/h2-6,9-10,13,16H,7-8,11-12H2,1H3,(H,21,23). The van der Waals surface area contributed by atoms with Crippen LogP contribution in [0, 0.1) is 0 Å². The molecule has 1 aromatic heterocycles. The summed E-state index contributed by atoms with van der Waals surface area (Å²) in [6.07, 6.45) is 4.72. The largest absolute Gasteiger partial charge is 0.497 e. The number of benzene rings is 1. The van der Waals surface area contributed by atoms with Crippen LogP contribution in [0.2, 0.25) is 0 Å². The van der Waals surface area contributed by atoms with Gasteiger partial charge in [-0.1, -0.05) is 6.07 Å². The third-order valence-corrected chi connectivity index (χ3v) is 4.38. The van der Waals surface area contributed by atoms with Crippen LogP contribution in [0.25, 0.3) is 0 Å². The minimum absolute atomic E-state index is 0.0139. The number of ether oxygens (including phenoxy) is 1. The van der Waals surface area contributed by atoms with Crippen molar-refractivity contribution in [1.82, 2.24) is 15.2 Å². The third-order valence-electron chi connectivity index (χ3n) is 4.38. The maximum Gasteiger partial charge on any atom is 0.253 e. The van der Waals surface area contributed by atoms with Crippen LogP contribution >= 0.6 is 0 Å². The molecule has 0 atom stereocenters. The molecule has 1 aliphatic rings. The second kappa shape index (κ2) is 7.79. The van der Waals surface area contributed by atoms with Crippen LogP contribution in [0.1, 0.15) is 33.6 Å². The molecule has 1 N–H and O–H groups in total. The predicted molar refractivity (Wildman–Crippen MR) is 93.6 cm³/mol. The van der Waals surface area contributed by atoms with Crippen molar-refractivity contribution in [2.24, 2.45) is 0 Å². The molecule has 25 heavy (non-hydrogen) atoms. The summed E-state index contributed by atoms with van der Waals surface area (Å²) in [5, 5.41) is 3.04. The molecule has 1 aromatic carbocycles. The number of aromatic nitrogens is 1. The van der Waals surface area contributed by atoms with Gasteiger partial charge in [0.05, 0.1) is 7.11 Å². The Morgan fingerprint density at radius 1 is 1.12 bits per heavy atom. The Hall–Kier alpha value is -2.89. The van der Waals surface area contributed by atoms with Crippen molar-refractivity contribution in [1.29, 1.82) is 0 Å². The molecule has 2 amide bonds. The first kappa shape index (κ1) is 17.0. The summed E-state index contributed by atoms with van der Waals surface area (Å²) in [6.45, 7) is 1.26. The summed E-state index contributed by atoms with van der Waals surface area (Å²) in [7, 11) is 1.58. The van der Waals surface area contributed by atoms with E-state index in [0.29, 0.717) is 30.0 Å². The summed E-state index contributed by atoms with van der Waals surface area (Å²) < 4.78 is 5.15. The van der Waals surface area contributed by atoms with Gasteiger partial charge in [-0.2, -0.15) is 0 Å². The van der Waals surface area contributed by atoms with Gasteiger partial charge in [-0.15, -0.1) is 0 Å². The van der Waals surface area contributed by atoms with E-state index in [2.05, 4.69) is 10.3 Å². The Labute approximate surface area is 146 Å². The van der Waals surface area contributed by atoms with Gasteiger partial charge in [0.15, 0.2) is 0 Å². The molecule has 2 aromatic rings. The van der Waals surface area contributed by atoms with Gasteiger partial charge >= 0.3 is 0 Å². The fraction of sp³-hybridized carbons (Fsp3) is 0.316. The highest BCUT2D eigenvalue weighted by atomic mass is 16.5. The lowest BCUT2D eigenvalue weighted by atomic mass is 10.0. The van der Waals surface area contributed by atoms with Crippen LogP contribution in [-0.2, 0) is 0 Å². The highest BCUT2D eigenvalue weighted by Crippen LogP contribution is 2.16. The number of nitrogens with one attached hydrogen (secondary N) is 1. The fourth-order valence-corrected chi connectivity index (χ4v) is 2.94. The predicted octanol–water partition coefficient (Wildman–Crippen LogP) is 2.12. The first-order valence-corrected chi connectivity index (χ1v) is 8.31. The molecule has 0 spiro atoms. The van der Waals surface area contributed by atoms with Crippen molar-refractivity contribution >= 4 is 11.8 Å². The zero-order valence-corrected chi connectivity index (χ0v) is 14.1. The number of hydrogen-bond donors (Lipinski definition) is 1. The Morgan fingerprint density at radius 2 is 1.84 bits per heavy atom. The molecule has 1 fully saturated rings. The lowest BCUT2D eigenvalue weighted by molar-refractivity contribution is 0.0698. The first-order valence-electron chi connectivity index (χ1n) is 8.31. The van der Waals surface area contributed by atoms with E-state index < -0.39 is 0 Å². The van der Waals surface area contributed by atoms with E-state index in [0.717, 1.165) is 12.8 Å². The smallest absolute Gasteiger partial charge is 0.253 e. The number of rotatable bonds is 4. The van der Waals surface area contributed by atoms with Crippen LogP contribution in [0.15, 0.2) is 48.8 Å². The average molecular weight is 339 g/mol. The Balaban J connectivity index is 1.54. The lowest BCUT2D eigenvalue weighted by Crippen LogP contribution is -2.46. The summed E-state index contributed by atoms with van der Waals surface area (Å²) in [6, 6.07) is 10.6. The number of carbonyl (C=O) groups is 2. The van der Waals surface area contributed by atoms with Crippen molar-refractivity contribution in [2.75, 3.05) is 20.2 Å². The number of pyridine rings is 1. The van der Waals surface area contributed by atoms with E-state index in [1.54, 1.807) is 55.9 Å². The summed E-state index contributed by atoms with van der Waals surface area (Å²) in [4.78, 5) is 30.5. The van der Waals surface area contributed by atoms with Crippen molar-refractivity contribution in [3.8, 4) is 5.75 Å². The molecule has 0 bridgehead atoms. The molecule has 0 unspecified atom stereocenters. The third kappa shape index (κ3) is 4.15. The normalized spacial score (nSPS) is 14.8. The van der Waals surface area contributed by atoms with Crippen LogP contribution in [0.3, 0.4) is 0 Å². The quantitative estimate of drug-likeness (QED) is 0.926. The highest BCUT2D eigenvalue weighted by Gasteiger charge is 2.24. The lowest BCUT2D eigenvalue weighted by Gasteiger charge is -2.32. The molecular formula is C19H21N3O3. The van der Waals surface area contributed by atoms with Gasteiger partial charge in [0, 0.05) is 42.7 Å². The van der Waals surface area contributed by atoms with Gasteiger partial charge in [0.2, 0.25) is 0 Å². The first-order chi connectivity index (χ1) is 12.2. The zero-order valence-electron chi connectivity index (χ0n) is 14.1. The highest BCUT2D eigenvalue weighted by molar-refractivity contribution is 5.95. The topological polar surface area (TPSA) is 71.5 Å². The second-order valence-corrected chi connectivity index (χ2v) is 6.01.